The molecule has 88 valence electrons. The molecule has 1 unspecified atom stereocenters. The van der Waals surface area contributed by atoms with Crippen LogP contribution in [0.25, 0.3) is 0 Å². The van der Waals surface area contributed by atoms with Crippen molar-refractivity contribution >= 4 is 5.69 Å². The fraction of sp³-hybridized carbons (Fsp3) is 0.571. The van der Waals surface area contributed by atoms with E-state index in [1.807, 2.05) is 7.05 Å². The first kappa shape index (κ1) is 11.5. The fourth-order valence-corrected chi connectivity index (χ4v) is 2.63. The van der Waals surface area contributed by atoms with Gasteiger partial charge in [0.25, 0.3) is 0 Å². The molecule has 0 bridgehead atoms. The van der Waals surface area contributed by atoms with Gasteiger partial charge in [-0.25, -0.2) is 0 Å². The average Bonchev–Trinajstić information content (AvgIpc) is 2.78. The number of hydrogen-bond donors (Lipinski definition) is 1. The van der Waals surface area contributed by atoms with E-state index in [2.05, 4.69) is 41.4 Å². The van der Waals surface area contributed by atoms with Gasteiger partial charge in [0.05, 0.1) is 0 Å². The molecule has 2 rings (SSSR count). The molecule has 0 aliphatic carbocycles. The molecule has 1 saturated heterocycles. The molecule has 0 radical (unpaired) electrons. The van der Waals surface area contributed by atoms with Crippen LogP contribution >= 0.6 is 0 Å². The van der Waals surface area contributed by atoms with Gasteiger partial charge in [-0.3, -0.25) is 0 Å². The van der Waals surface area contributed by atoms with E-state index in [4.69, 9.17) is 0 Å². The first-order valence-corrected chi connectivity index (χ1v) is 6.32. The van der Waals surface area contributed by atoms with Gasteiger partial charge in [0, 0.05) is 18.8 Å². The SMILES string of the molecule is CCc1ccccc1N1CCC(CNC)C1. The van der Waals surface area contributed by atoms with Gasteiger partial charge in [-0.05, 0) is 44.0 Å². The predicted molar refractivity (Wildman–Crippen MR) is 70.1 cm³/mol. The van der Waals surface area contributed by atoms with Crippen LogP contribution in [0, 0.1) is 5.92 Å². The van der Waals surface area contributed by atoms with E-state index in [-0.39, 0.29) is 0 Å². The minimum absolute atomic E-state index is 0.815. The first-order valence-electron chi connectivity index (χ1n) is 6.32. The first-order chi connectivity index (χ1) is 7.85. The van der Waals surface area contributed by atoms with Crippen LogP contribution in [0.4, 0.5) is 5.69 Å². The Morgan fingerprint density at radius 2 is 2.19 bits per heavy atom. The third-order valence-electron chi connectivity index (χ3n) is 3.49. The second kappa shape index (κ2) is 5.35. The second-order valence-corrected chi connectivity index (χ2v) is 4.64. The molecule has 1 aromatic carbocycles. The van der Waals surface area contributed by atoms with Crippen LogP contribution in [0.1, 0.15) is 18.9 Å². The zero-order chi connectivity index (χ0) is 11.4. The van der Waals surface area contributed by atoms with Crippen LogP contribution in [0.5, 0.6) is 0 Å². The molecule has 2 heteroatoms. The number of nitrogens with zero attached hydrogens (tertiary/aromatic N) is 1. The van der Waals surface area contributed by atoms with Crippen molar-refractivity contribution < 1.29 is 0 Å². The summed E-state index contributed by atoms with van der Waals surface area (Å²) in [4.78, 5) is 2.54. The maximum Gasteiger partial charge on any atom is 0.0398 e. The maximum absolute atomic E-state index is 3.28. The third kappa shape index (κ3) is 2.38. The predicted octanol–water partition coefficient (Wildman–Crippen LogP) is 2.29. The summed E-state index contributed by atoms with van der Waals surface area (Å²) in [6.07, 6.45) is 2.45. The highest BCUT2D eigenvalue weighted by molar-refractivity contribution is 5.54. The smallest absolute Gasteiger partial charge is 0.0398 e. The molecule has 0 amide bonds. The lowest BCUT2D eigenvalue weighted by atomic mass is 10.1. The summed E-state index contributed by atoms with van der Waals surface area (Å²) in [6.45, 7) is 5.80. The van der Waals surface area contributed by atoms with Gasteiger partial charge in [-0.1, -0.05) is 25.1 Å². The quantitative estimate of drug-likeness (QED) is 0.834. The summed E-state index contributed by atoms with van der Waals surface area (Å²) >= 11 is 0. The number of nitrogens with one attached hydrogen (secondary N) is 1. The standard InChI is InChI=1S/C14H22N2/c1-3-13-6-4-5-7-14(13)16-9-8-12(11-16)10-15-2/h4-7,12,15H,3,8-11H2,1-2H3. The van der Waals surface area contributed by atoms with Crippen molar-refractivity contribution in [3.8, 4) is 0 Å². The topological polar surface area (TPSA) is 15.3 Å². The Morgan fingerprint density at radius 3 is 2.94 bits per heavy atom. The lowest BCUT2D eigenvalue weighted by molar-refractivity contribution is 0.549. The van der Waals surface area contributed by atoms with E-state index in [9.17, 15) is 0 Å². The Kier molecular flexibility index (Phi) is 3.83. The van der Waals surface area contributed by atoms with Gasteiger partial charge in [0.15, 0.2) is 0 Å². The van der Waals surface area contributed by atoms with E-state index in [1.54, 1.807) is 0 Å². The highest BCUT2D eigenvalue weighted by Crippen LogP contribution is 2.26. The molecule has 1 atom stereocenters. The Labute approximate surface area is 98.7 Å². The maximum atomic E-state index is 3.28. The number of rotatable bonds is 4. The summed E-state index contributed by atoms with van der Waals surface area (Å²) in [6, 6.07) is 8.81. The second-order valence-electron chi connectivity index (χ2n) is 4.64. The van der Waals surface area contributed by atoms with Crippen LogP contribution in [0.2, 0.25) is 0 Å². The minimum Gasteiger partial charge on any atom is -0.371 e. The monoisotopic (exact) mass is 218 g/mol. The zero-order valence-electron chi connectivity index (χ0n) is 10.4. The van der Waals surface area contributed by atoms with E-state index in [1.165, 1.54) is 30.8 Å². The van der Waals surface area contributed by atoms with Gasteiger partial charge in [-0.15, -0.1) is 0 Å². The molecule has 0 spiro atoms. The molecule has 16 heavy (non-hydrogen) atoms. The van der Waals surface area contributed by atoms with Crippen molar-refractivity contribution in [1.29, 1.82) is 0 Å². The van der Waals surface area contributed by atoms with Crippen LogP contribution in [0.15, 0.2) is 24.3 Å². The van der Waals surface area contributed by atoms with Crippen molar-refractivity contribution in [2.75, 3.05) is 31.6 Å². The summed E-state index contributed by atoms with van der Waals surface area (Å²) < 4.78 is 0. The number of anilines is 1. The summed E-state index contributed by atoms with van der Waals surface area (Å²) in [5.74, 6) is 0.815. The van der Waals surface area contributed by atoms with Gasteiger partial charge < -0.3 is 10.2 Å². The molecule has 1 fully saturated rings. The van der Waals surface area contributed by atoms with Crippen molar-refractivity contribution in [2.24, 2.45) is 5.92 Å². The van der Waals surface area contributed by atoms with Crippen molar-refractivity contribution in [1.82, 2.24) is 5.32 Å². The van der Waals surface area contributed by atoms with Crippen molar-refractivity contribution in [3.63, 3.8) is 0 Å². The normalized spacial score (nSPS) is 20.4. The Bertz CT molecular complexity index is 335. The molecule has 1 aromatic rings. The highest BCUT2D eigenvalue weighted by Gasteiger charge is 2.22. The van der Waals surface area contributed by atoms with Crippen molar-refractivity contribution in [3.05, 3.63) is 29.8 Å². The molecular formula is C14H22N2. The minimum atomic E-state index is 0.815. The number of aryl methyl sites for hydroxylation is 1. The Balaban J connectivity index is 2.08. The van der Waals surface area contributed by atoms with Crippen LogP contribution in [-0.2, 0) is 6.42 Å². The number of para-hydroxylation sites is 1. The van der Waals surface area contributed by atoms with E-state index in [0.717, 1.165) is 18.9 Å². The summed E-state index contributed by atoms with van der Waals surface area (Å²) in [5.41, 5.74) is 2.93. The molecule has 2 nitrogen and oxygen atoms in total. The van der Waals surface area contributed by atoms with Gasteiger partial charge in [-0.2, -0.15) is 0 Å². The van der Waals surface area contributed by atoms with Gasteiger partial charge in [0.1, 0.15) is 0 Å². The van der Waals surface area contributed by atoms with Gasteiger partial charge in [0.2, 0.25) is 0 Å². The summed E-state index contributed by atoms with van der Waals surface area (Å²) in [7, 11) is 2.04. The highest BCUT2D eigenvalue weighted by atomic mass is 15.2. The zero-order valence-corrected chi connectivity index (χ0v) is 10.4. The van der Waals surface area contributed by atoms with Crippen LogP contribution in [-0.4, -0.2) is 26.7 Å². The Morgan fingerprint density at radius 1 is 1.38 bits per heavy atom. The van der Waals surface area contributed by atoms with Crippen LogP contribution in [0.3, 0.4) is 0 Å². The average molecular weight is 218 g/mol. The molecule has 0 aromatic heterocycles. The Hall–Kier alpha value is -1.02. The summed E-state index contributed by atoms with van der Waals surface area (Å²) in [5, 5.41) is 3.28. The number of hydrogen-bond acceptors (Lipinski definition) is 2. The lowest BCUT2D eigenvalue weighted by Gasteiger charge is -2.21. The molecule has 1 aliphatic heterocycles. The molecule has 0 saturated carbocycles. The lowest BCUT2D eigenvalue weighted by Crippen LogP contribution is -2.24. The number of benzene rings is 1. The third-order valence-corrected chi connectivity index (χ3v) is 3.49. The van der Waals surface area contributed by atoms with E-state index < -0.39 is 0 Å². The van der Waals surface area contributed by atoms with Gasteiger partial charge >= 0.3 is 0 Å². The largest absolute Gasteiger partial charge is 0.371 e. The van der Waals surface area contributed by atoms with Crippen LogP contribution < -0.4 is 10.2 Å². The molecule has 1 N–H and O–H groups in total. The van der Waals surface area contributed by atoms with Crippen molar-refractivity contribution in [2.45, 2.75) is 19.8 Å². The molecule has 1 heterocycles. The fourth-order valence-electron chi connectivity index (χ4n) is 2.63. The molecular weight excluding hydrogens is 196 g/mol. The molecule has 1 aliphatic rings. The van der Waals surface area contributed by atoms with E-state index >= 15 is 0 Å². The van der Waals surface area contributed by atoms with E-state index in [0.29, 0.717) is 0 Å².